The number of fused-ring (bicyclic) bond motifs is 1. The zero-order valence-corrected chi connectivity index (χ0v) is 13.3. The van der Waals surface area contributed by atoms with Gasteiger partial charge in [0.25, 0.3) is 0 Å². The van der Waals surface area contributed by atoms with Gasteiger partial charge in [-0.2, -0.15) is 0 Å². The summed E-state index contributed by atoms with van der Waals surface area (Å²) in [4.78, 5) is 0.243. The molecule has 116 valence electrons. The van der Waals surface area contributed by atoms with Gasteiger partial charge in [0.2, 0.25) is 10.0 Å². The first-order valence-electron chi connectivity index (χ1n) is 7.20. The van der Waals surface area contributed by atoms with Crippen LogP contribution >= 0.6 is 0 Å². The van der Waals surface area contributed by atoms with Crippen LogP contribution in [0.15, 0.2) is 23.1 Å². The number of aryl methyl sites for hydroxylation is 2. The van der Waals surface area contributed by atoms with E-state index in [2.05, 4.69) is 4.72 Å². The number of sulfonamides is 1. The van der Waals surface area contributed by atoms with Gasteiger partial charge in [0.1, 0.15) is 0 Å². The molecule has 1 aromatic carbocycles. The van der Waals surface area contributed by atoms with Gasteiger partial charge in [-0.3, -0.25) is 0 Å². The van der Waals surface area contributed by atoms with Crippen LogP contribution in [0, 0.1) is 0 Å². The molecule has 1 heterocycles. The molecule has 2 aliphatic rings. The molecule has 0 saturated carbocycles. The zero-order valence-electron chi connectivity index (χ0n) is 11.7. The van der Waals surface area contributed by atoms with Gasteiger partial charge in [-0.15, -0.1) is 0 Å². The summed E-state index contributed by atoms with van der Waals surface area (Å²) < 4.78 is 50.1. The van der Waals surface area contributed by atoms with Crippen LogP contribution in [0.25, 0.3) is 0 Å². The molecule has 21 heavy (non-hydrogen) atoms. The second-order valence-corrected chi connectivity index (χ2v) is 9.80. The Morgan fingerprint density at radius 1 is 1.10 bits per heavy atom. The van der Waals surface area contributed by atoms with Gasteiger partial charge in [-0.05, 0) is 55.4 Å². The van der Waals surface area contributed by atoms with E-state index in [4.69, 9.17) is 0 Å². The fraction of sp³-hybridized carbons (Fsp3) is 0.571. The van der Waals surface area contributed by atoms with Crippen LogP contribution in [0.2, 0.25) is 0 Å². The summed E-state index contributed by atoms with van der Waals surface area (Å²) in [6.45, 7) is 0. The van der Waals surface area contributed by atoms with Crippen molar-refractivity contribution in [1.82, 2.24) is 4.72 Å². The van der Waals surface area contributed by atoms with Crippen molar-refractivity contribution in [1.29, 1.82) is 0 Å². The van der Waals surface area contributed by atoms with Crippen molar-refractivity contribution in [3.63, 3.8) is 0 Å². The molecular weight excluding hydrogens is 310 g/mol. The predicted molar refractivity (Wildman–Crippen MR) is 80.5 cm³/mol. The molecule has 0 spiro atoms. The first-order valence-corrected chi connectivity index (χ1v) is 10.5. The minimum Gasteiger partial charge on any atom is -0.229 e. The molecule has 1 fully saturated rings. The first-order chi connectivity index (χ1) is 9.86. The van der Waals surface area contributed by atoms with Gasteiger partial charge in [-0.25, -0.2) is 21.6 Å². The summed E-state index contributed by atoms with van der Waals surface area (Å²) in [5, 5.41) is 0. The van der Waals surface area contributed by atoms with Gasteiger partial charge < -0.3 is 0 Å². The Morgan fingerprint density at radius 2 is 1.81 bits per heavy atom. The quantitative estimate of drug-likeness (QED) is 0.898. The highest BCUT2D eigenvalue weighted by molar-refractivity contribution is 7.92. The maximum atomic E-state index is 12.4. The number of hydrogen-bond donors (Lipinski definition) is 1. The van der Waals surface area contributed by atoms with Crippen molar-refractivity contribution >= 4 is 19.9 Å². The molecule has 0 aromatic heterocycles. The molecule has 1 aromatic rings. The molecule has 0 unspecified atom stereocenters. The number of hydrogen-bond acceptors (Lipinski definition) is 4. The first kappa shape index (κ1) is 15.0. The topological polar surface area (TPSA) is 80.3 Å². The van der Waals surface area contributed by atoms with E-state index >= 15 is 0 Å². The molecule has 3 rings (SSSR count). The molecule has 1 N–H and O–H groups in total. The molecule has 1 aliphatic carbocycles. The summed E-state index contributed by atoms with van der Waals surface area (Å²) in [5.74, 6) is -0.0401. The standard InChI is InChI=1S/C14H19NO4S2/c16-20(17)8-7-13(10-20)15-21(18,19)14-6-5-11-3-1-2-4-12(11)9-14/h5-6,9,13,15H,1-4,7-8,10H2/t13-/m0/s1. The Kier molecular flexibility index (Phi) is 3.83. The Labute approximate surface area is 125 Å². The average Bonchev–Trinajstić information content (AvgIpc) is 2.76. The highest BCUT2D eigenvalue weighted by atomic mass is 32.2. The van der Waals surface area contributed by atoms with Crippen molar-refractivity contribution in [3.8, 4) is 0 Å². The number of nitrogens with one attached hydrogen (secondary N) is 1. The molecule has 7 heteroatoms. The highest BCUT2D eigenvalue weighted by Crippen LogP contribution is 2.24. The van der Waals surface area contributed by atoms with Crippen LogP contribution in [-0.4, -0.2) is 34.4 Å². The molecule has 1 saturated heterocycles. The number of sulfone groups is 1. The van der Waals surface area contributed by atoms with E-state index in [1.54, 1.807) is 12.1 Å². The third-order valence-corrected chi connectivity index (χ3v) is 7.47. The van der Waals surface area contributed by atoms with Gasteiger partial charge in [-0.1, -0.05) is 6.07 Å². The SMILES string of the molecule is O=S1(=O)CC[C@H](NS(=O)(=O)c2ccc3c(c2)CCCC3)C1. The lowest BCUT2D eigenvalue weighted by Gasteiger charge is -2.17. The third-order valence-electron chi connectivity index (χ3n) is 4.18. The largest absolute Gasteiger partial charge is 0.240 e. The predicted octanol–water partition coefficient (Wildman–Crippen LogP) is 1.03. The lowest BCUT2D eigenvalue weighted by molar-refractivity contribution is 0.562. The number of rotatable bonds is 3. The van der Waals surface area contributed by atoms with Crippen molar-refractivity contribution in [2.24, 2.45) is 0 Å². The minimum atomic E-state index is -3.64. The van der Waals surface area contributed by atoms with E-state index in [1.165, 1.54) is 5.56 Å². The lowest BCUT2D eigenvalue weighted by atomic mass is 9.92. The maximum Gasteiger partial charge on any atom is 0.240 e. The van der Waals surface area contributed by atoms with Gasteiger partial charge in [0.15, 0.2) is 9.84 Å². The Morgan fingerprint density at radius 3 is 2.48 bits per heavy atom. The van der Waals surface area contributed by atoms with Crippen LogP contribution in [0.3, 0.4) is 0 Å². The van der Waals surface area contributed by atoms with E-state index in [-0.39, 0.29) is 16.4 Å². The molecule has 0 bridgehead atoms. The summed E-state index contributed by atoms with van der Waals surface area (Å²) in [5.41, 5.74) is 2.33. The molecule has 1 aliphatic heterocycles. The van der Waals surface area contributed by atoms with E-state index < -0.39 is 25.9 Å². The van der Waals surface area contributed by atoms with Crippen molar-refractivity contribution in [2.75, 3.05) is 11.5 Å². The van der Waals surface area contributed by atoms with Crippen molar-refractivity contribution in [2.45, 2.75) is 43.0 Å². The fourth-order valence-electron chi connectivity index (χ4n) is 3.05. The molecule has 1 atom stereocenters. The summed E-state index contributed by atoms with van der Waals surface area (Å²) >= 11 is 0. The van der Waals surface area contributed by atoms with Gasteiger partial charge >= 0.3 is 0 Å². The monoisotopic (exact) mass is 329 g/mol. The molecule has 0 amide bonds. The second-order valence-electron chi connectivity index (χ2n) is 5.86. The fourth-order valence-corrected chi connectivity index (χ4v) is 6.15. The van der Waals surface area contributed by atoms with Crippen LogP contribution < -0.4 is 4.72 Å². The van der Waals surface area contributed by atoms with E-state index in [0.29, 0.717) is 6.42 Å². The summed E-state index contributed by atoms with van der Waals surface area (Å²) in [7, 11) is -6.73. The molecule has 5 nitrogen and oxygen atoms in total. The second kappa shape index (κ2) is 5.37. The highest BCUT2D eigenvalue weighted by Gasteiger charge is 2.31. The van der Waals surface area contributed by atoms with E-state index in [1.807, 2.05) is 6.07 Å². The molecular formula is C14H19NO4S2. The van der Waals surface area contributed by atoms with Crippen molar-refractivity contribution < 1.29 is 16.8 Å². The van der Waals surface area contributed by atoms with Crippen LogP contribution in [0.1, 0.15) is 30.4 Å². The molecule has 0 radical (unpaired) electrons. The maximum absolute atomic E-state index is 12.4. The van der Waals surface area contributed by atoms with Crippen LogP contribution in [0.5, 0.6) is 0 Å². The smallest absolute Gasteiger partial charge is 0.229 e. The van der Waals surface area contributed by atoms with Crippen LogP contribution in [-0.2, 0) is 32.7 Å². The number of benzene rings is 1. The zero-order chi connectivity index (χ0) is 15.1. The van der Waals surface area contributed by atoms with E-state index in [0.717, 1.165) is 31.2 Å². The lowest BCUT2D eigenvalue weighted by Crippen LogP contribution is -2.35. The van der Waals surface area contributed by atoms with Crippen molar-refractivity contribution in [3.05, 3.63) is 29.3 Å². The Bertz CT molecular complexity index is 753. The van der Waals surface area contributed by atoms with Gasteiger partial charge in [0, 0.05) is 6.04 Å². The normalized spacial score (nSPS) is 24.7. The van der Waals surface area contributed by atoms with Gasteiger partial charge in [0.05, 0.1) is 16.4 Å². The Balaban J connectivity index is 1.82. The average molecular weight is 329 g/mol. The Hall–Kier alpha value is -0.920. The minimum absolute atomic E-state index is 0.0599. The summed E-state index contributed by atoms with van der Waals surface area (Å²) in [6.07, 6.45) is 4.51. The summed E-state index contributed by atoms with van der Waals surface area (Å²) in [6, 6.07) is 4.74. The third kappa shape index (κ3) is 3.30. The van der Waals surface area contributed by atoms with Crippen LogP contribution in [0.4, 0.5) is 0 Å². The van der Waals surface area contributed by atoms with E-state index in [9.17, 15) is 16.8 Å².